The summed E-state index contributed by atoms with van der Waals surface area (Å²) in [6, 6.07) is 5.65. The lowest BCUT2D eigenvalue weighted by molar-refractivity contribution is -0.128. The molecule has 0 aromatic heterocycles. The summed E-state index contributed by atoms with van der Waals surface area (Å²) >= 11 is 5.81. The number of rotatable bonds is 8. The van der Waals surface area contributed by atoms with Gasteiger partial charge < -0.3 is 14.8 Å². The van der Waals surface area contributed by atoms with Gasteiger partial charge in [-0.15, -0.1) is 11.6 Å². The Morgan fingerprint density at radius 1 is 1.38 bits per heavy atom. The number of nitrogens with one attached hydrogen (secondary N) is 1. The van der Waals surface area contributed by atoms with Crippen LogP contribution in [0.2, 0.25) is 0 Å². The Morgan fingerprint density at radius 3 is 2.67 bits per heavy atom. The zero-order chi connectivity index (χ0) is 15.9. The molecular weight excluding hydrogens is 290 g/mol. The first-order valence-electron chi connectivity index (χ1n) is 7.09. The van der Waals surface area contributed by atoms with Crippen LogP contribution < -0.4 is 14.8 Å². The third kappa shape index (κ3) is 4.81. The Bertz CT molecular complexity index is 475. The first-order chi connectivity index (χ1) is 9.96. The van der Waals surface area contributed by atoms with E-state index < -0.39 is 5.41 Å². The lowest BCUT2D eigenvalue weighted by Gasteiger charge is -2.21. The quantitative estimate of drug-likeness (QED) is 0.749. The van der Waals surface area contributed by atoms with Crippen LogP contribution in [0.3, 0.4) is 0 Å². The van der Waals surface area contributed by atoms with Gasteiger partial charge in [0, 0.05) is 18.0 Å². The smallest absolute Gasteiger partial charge is 0.227 e. The lowest BCUT2D eigenvalue weighted by Crippen LogP contribution is -2.37. The second-order valence-electron chi connectivity index (χ2n) is 5.50. The van der Waals surface area contributed by atoms with E-state index >= 15 is 0 Å². The molecule has 0 bridgehead atoms. The summed E-state index contributed by atoms with van der Waals surface area (Å²) in [6.07, 6.45) is 0.906. The van der Waals surface area contributed by atoms with Gasteiger partial charge in [0.2, 0.25) is 5.91 Å². The summed E-state index contributed by atoms with van der Waals surface area (Å²) in [5.41, 5.74) is 0.298. The minimum atomic E-state index is -0.592. The van der Waals surface area contributed by atoms with Gasteiger partial charge in [-0.05, 0) is 26.3 Å². The summed E-state index contributed by atoms with van der Waals surface area (Å²) in [5, 5.41) is 2.90. The SMILES string of the molecule is CCCOc1c(CNC(=O)C(C)(C)CCl)cccc1OC. The topological polar surface area (TPSA) is 47.6 Å². The molecule has 0 aliphatic heterocycles. The number of ether oxygens (including phenoxy) is 2. The molecule has 0 saturated heterocycles. The van der Waals surface area contributed by atoms with Gasteiger partial charge in [0.05, 0.1) is 19.1 Å². The molecule has 0 heterocycles. The Morgan fingerprint density at radius 2 is 2.10 bits per heavy atom. The number of alkyl halides is 1. The van der Waals surface area contributed by atoms with E-state index in [9.17, 15) is 4.79 Å². The number of hydrogen-bond donors (Lipinski definition) is 1. The summed E-state index contributed by atoms with van der Waals surface area (Å²) in [4.78, 5) is 12.1. The normalized spacial score (nSPS) is 11.1. The van der Waals surface area contributed by atoms with E-state index in [4.69, 9.17) is 21.1 Å². The molecule has 0 aliphatic rings. The molecule has 0 spiro atoms. The fraction of sp³-hybridized carbons (Fsp3) is 0.562. The van der Waals surface area contributed by atoms with Gasteiger partial charge >= 0.3 is 0 Å². The van der Waals surface area contributed by atoms with Crippen LogP contribution in [0.25, 0.3) is 0 Å². The van der Waals surface area contributed by atoms with Crippen LogP contribution in [0.1, 0.15) is 32.8 Å². The molecule has 1 amide bonds. The molecule has 1 aromatic rings. The Labute approximate surface area is 131 Å². The van der Waals surface area contributed by atoms with Crippen molar-refractivity contribution >= 4 is 17.5 Å². The first-order valence-corrected chi connectivity index (χ1v) is 7.62. The van der Waals surface area contributed by atoms with E-state index in [1.54, 1.807) is 7.11 Å². The Kier molecular flexibility index (Phi) is 6.82. The van der Waals surface area contributed by atoms with Crippen LogP contribution >= 0.6 is 11.6 Å². The maximum absolute atomic E-state index is 12.1. The van der Waals surface area contributed by atoms with Gasteiger partial charge in [-0.25, -0.2) is 0 Å². The van der Waals surface area contributed by atoms with E-state index in [1.807, 2.05) is 39.0 Å². The molecule has 1 N–H and O–H groups in total. The number of carbonyl (C=O) groups is 1. The molecule has 0 aliphatic carbocycles. The summed E-state index contributed by atoms with van der Waals surface area (Å²) in [7, 11) is 1.60. The van der Waals surface area contributed by atoms with Crippen LogP contribution in [-0.2, 0) is 11.3 Å². The minimum absolute atomic E-state index is 0.0817. The second-order valence-corrected chi connectivity index (χ2v) is 5.76. The van der Waals surface area contributed by atoms with Crippen LogP contribution in [0.4, 0.5) is 0 Å². The van der Waals surface area contributed by atoms with Crippen molar-refractivity contribution in [1.82, 2.24) is 5.32 Å². The monoisotopic (exact) mass is 313 g/mol. The Hall–Kier alpha value is -1.42. The van der Waals surface area contributed by atoms with Crippen molar-refractivity contribution in [3.8, 4) is 11.5 Å². The van der Waals surface area contributed by atoms with Gasteiger partial charge in [-0.3, -0.25) is 4.79 Å². The van der Waals surface area contributed by atoms with Gasteiger partial charge in [0.15, 0.2) is 11.5 Å². The van der Waals surface area contributed by atoms with Gasteiger partial charge in [0.25, 0.3) is 0 Å². The van der Waals surface area contributed by atoms with Gasteiger partial charge in [-0.2, -0.15) is 0 Å². The van der Waals surface area contributed by atoms with Crippen molar-refractivity contribution in [3.63, 3.8) is 0 Å². The minimum Gasteiger partial charge on any atom is -0.493 e. The third-order valence-corrected chi connectivity index (χ3v) is 3.79. The molecule has 5 heteroatoms. The van der Waals surface area contributed by atoms with E-state index in [0.717, 1.165) is 12.0 Å². The van der Waals surface area contributed by atoms with E-state index in [-0.39, 0.29) is 11.8 Å². The van der Waals surface area contributed by atoms with Crippen LogP contribution in [0, 0.1) is 5.41 Å². The van der Waals surface area contributed by atoms with Crippen LogP contribution in [-0.4, -0.2) is 25.5 Å². The van der Waals surface area contributed by atoms with Crippen molar-refractivity contribution in [2.75, 3.05) is 19.6 Å². The Balaban J connectivity index is 2.85. The molecule has 1 aromatic carbocycles. The molecule has 0 fully saturated rings. The zero-order valence-electron chi connectivity index (χ0n) is 13.2. The number of methoxy groups -OCH3 is 1. The molecule has 4 nitrogen and oxygen atoms in total. The maximum Gasteiger partial charge on any atom is 0.227 e. The number of hydrogen-bond acceptors (Lipinski definition) is 3. The largest absolute Gasteiger partial charge is 0.493 e. The highest BCUT2D eigenvalue weighted by Crippen LogP contribution is 2.31. The number of benzene rings is 1. The average molecular weight is 314 g/mol. The predicted octanol–water partition coefficient (Wildman–Crippen LogP) is 3.37. The average Bonchev–Trinajstić information content (AvgIpc) is 2.50. The molecule has 0 saturated carbocycles. The highest BCUT2D eigenvalue weighted by molar-refractivity contribution is 6.19. The van der Waals surface area contributed by atoms with Crippen molar-refractivity contribution < 1.29 is 14.3 Å². The van der Waals surface area contributed by atoms with E-state index in [0.29, 0.717) is 24.7 Å². The molecule has 1 rings (SSSR count). The summed E-state index contributed by atoms with van der Waals surface area (Å²) in [6.45, 7) is 6.66. The highest BCUT2D eigenvalue weighted by atomic mass is 35.5. The number of carbonyl (C=O) groups excluding carboxylic acids is 1. The summed E-state index contributed by atoms with van der Waals surface area (Å²) < 4.78 is 11.1. The predicted molar refractivity (Wildman–Crippen MR) is 85.1 cm³/mol. The summed E-state index contributed by atoms with van der Waals surface area (Å²) in [5.74, 6) is 1.55. The molecule has 0 unspecified atom stereocenters. The van der Waals surface area contributed by atoms with Gasteiger partial charge in [0.1, 0.15) is 0 Å². The van der Waals surface area contributed by atoms with Gasteiger partial charge in [-0.1, -0.05) is 19.1 Å². The maximum atomic E-state index is 12.1. The van der Waals surface area contributed by atoms with Crippen molar-refractivity contribution in [1.29, 1.82) is 0 Å². The second kappa shape index (κ2) is 8.13. The number of para-hydroxylation sites is 1. The third-order valence-electron chi connectivity index (χ3n) is 3.12. The molecule has 21 heavy (non-hydrogen) atoms. The molecule has 0 radical (unpaired) electrons. The van der Waals surface area contributed by atoms with Crippen molar-refractivity contribution in [3.05, 3.63) is 23.8 Å². The zero-order valence-corrected chi connectivity index (χ0v) is 13.9. The van der Waals surface area contributed by atoms with Crippen molar-refractivity contribution in [2.45, 2.75) is 33.7 Å². The lowest BCUT2D eigenvalue weighted by atomic mass is 9.95. The fourth-order valence-electron chi connectivity index (χ4n) is 1.70. The standard InChI is InChI=1S/C16H24ClNO3/c1-5-9-21-14-12(7-6-8-13(14)20-4)10-18-15(19)16(2,3)11-17/h6-8H,5,9-11H2,1-4H3,(H,18,19). The van der Waals surface area contributed by atoms with Crippen LogP contribution in [0.15, 0.2) is 18.2 Å². The number of halogens is 1. The van der Waals surface area contributed by atoms with E-state index in [2.05, 4.69) is 5.32 Å². The first kappa shape index (κ1) is 17.6. The molecule has 118 valence electrons. The highest BCUT2D eigenvalue weighted by Gasteiger charge is 2.26. The molecular formula is C16H24ClNO3. The van der Waals surface area contributed by atoms with E-state index in [1.165, 1.54) is 0 Å². The molecule has 0 atom stereocenters. The number of amides is 1. The van der Waals surface area contributed by atoms with Crippen LogP contribution in [0.5, 0.6) is 11.5 Å². The van der Waals surface area contributed by atoms with Crippen molar-refractivity contribution in [2.24, 2.45) is 5.41 Å². The fourth-order valence-corrected chi connectivity index (χ4v) is 1.83.